The van der Waals surface area contributed by atoms with Gasteiger partial charge in [0.25, 0.3) is 0 Å². The lowest BCUT2D eigenvalue weighted by atomic mass is 10.1. The monoisotopic (exact) mass is 526 g/mol. The topological polar surface area (TPSA) is 108 Å². The molecule has 9 heteroatoms. The number of ether oxygens (including phenoxy) is 2. The number of amides is 1. The summed E-state index contributed by atoms with van der Waals surface area (Å²) in [5.41, 5.74) is 13.2. The number of imidazole rings is 1. The van der Waals surface area contributed by atoms with E-state index in [9.17, 15) is 4.79 Å². The van der Waals surface area contributed by atoms with Crippen LogP contribution in [0.25, 0.3) is 16.8 Å². The number of anilines is 1. The third kappa shape index (κ3) is 6.81. The molecule has 3 N–H and O–H groups in total. The highest BCUT2D eigenvalue weighted by molar-refractivity contribution is 5.73. The molecule has 1 atom stereocenters. The van der Waals surface area contributed by atoms with Gasteiger partial charge in [0.2, 0.25) is 13.2 Å². The number of pyridine rings is 1. The van der Waals surface area contributed by atoms with E-state index in [2.05, 4.69) is 32.3 Å². The van der Waals surface area contributed by atoms with Crippen LogP contribution < -0.4 is 20.5 Å². The van der Waals surface area contributed by atoms with E-state index < -0.39 is 0 Å². The van der Waals surface area contributed by atoms with Crippen LogP contribution in [-0.2, 0) is 11.3 Å². The second-order valence-electron chi connectivity index (χ2n) is 9.96. The van der Waals surface area contributed by atoms with Gasteiger partial charge >= 0.3 is 0 Å². The third-order valence-electron chi connectivity index (χ3n) is 6.76. The highest BCUT2D eigenvalue weighted by Crippen LogP contribution is 2.35. The van der Waals surface area contributed by atoms with E-state index in [0.717, 1.165) is 83.4 Å². The number of nitrogens with one attached hydrogen (secondary N) is 1. The summed E-state index contributed by atoms with van der Waals surface area (Å²) in [6.45, 7) is 7.08. The average molecular weight is 527 g/mol. The minimum Gasteiger partial charge on any atom is -0.454 e. The zero-order valence-electron chi connectivity index (χ0n) is 22.3. The standard InChI is InChI=1S/C17H23N5O.C13H11NO2/c1-13-8-22(11-19-13)17-6-14(5-16(7-17)20-12-23)9-21-4-2-3-15(18)10-21;1-9-6-11(4-5-14-9)10-2-3-12-13(7-10)16-8-15-12/h5-8,11-12,15H,2-4,9-10,18H2,1H3,(H,20,23);2-7H,8H2,1H3. The summed E-state index contributed by atoms with van der Waals surface area (Å²) >= 11 is 0. The quantitative estimate of drug-likeness (QED) is 0.357. The van der Waals surface area contributed by atoms with Crippen molar-refractivity contribution in [3.05, 3.63) is 84.2 Å². The Morgan fingerprint density at radius 1 is 1.03 bits per heavy atom. The lowest BCUT2D eigenvalue weighted by Gasteiger charge is -2.30. The molecule has 2 aromatic heterocycles. The Balaban J connectivity index is 0.000000168. The Morgan fingerprint density at radius 3 is 2.64 bits per heavy atom. The molecule has 39 heavy (non-hydrogen) atoms. The molecule has 0 radical (unpaired) electrons. The van der Waals surface area contributed by atoms with E-state index in [1.54, 1.807) is 6.33 Å². The molecule has 2 aliphatic heterocycles. The second kappa shape index (κ2) is 12.1. The number of nitrogens with zero attached hydrogens (tertiary/aromatic N) is 4. The molecule has 1 fully saturated rings. The van der Waals surface area contributed by atoms with Gasteiger partial charge in [-0.1, -0.05) is 6.07 Å². The number of aryl methyl sites for hydroxylation is 2. The van der Waals surface area contributed by atoms with Gasteiger partial charge in [-0.3, -0.25) is 14.7 Å². The summed E-state index contributed by atoms with van der Waals surface area (Å²) in [7, 11) is 0. The molecule has 6 rings (SSSR count). The minimum absolute atomic E-state index is 0.260. The van der Waals surface area contributed by atoms with Crippen molar-refractivity contribution < 1.29 is 14.3 Å². The highest BCUT2D eigenvalue weighted by Gasteiger charge is 2.17. The van der Waals surface area contributed by atoms with Crippen molar-refractivity contribution in [2.45, 2.75) is 39.3 Å². The van der Waals surface area contributed by atoms with E-state index in [-0.39, 0.29) is 6.04 Å². The number of rotatable bonds is 6. The van der Waals surface area contributed by atoms with Crippen LogP contribution in [-0.4, -0.2) is 51.8 Å². The molecule has 1 amide bonds. The number of piperidine rings is 1. The summed E-state index contributed by atoms with van der Waals surface area (Å²) < 4.78 is 12.6. The first-order valence-corrected chi connectivity index (χ1v) is 13.1. The molecular weight excluding hydrogens is 492 g/mol. The summed E-state index contributed by atoms with van der Waals surface area (Å²) in [5, 5.41) is 2.75. The molecule has 1 unspecified atom stereocenters. The van der Waals surface area contributed by atoms with Gasteiger partial charge in [-0.2, -0.15) is 0 Å². The first-order valence-electron chi connectivity index (χ1n) is 13.1. The van der Waals surface area contributed by atoms with Gasteiger partial charge in [0.15, 0.2) is 11.5 Å². The molecule has 4 heterocycles. The molecular formula is C30H34N6O3. The minimum atomic E-state index is 0.260. The molecule has 2 aromatic carbocycles. The molecule has 2 aliphatic rings. The van der Waals surface area contributed by atoms with Gasteiger partial charge in [0.05, 0.1) is 12.0 Å². The Morgan fingerprint density at radius 2 is 1.87 bits per heavy atom. The summed E-state index contributed by atoms with van der Waals surface area (Å²) in [6.07, 6.45) is 8.52. The molecule has 9 nitrogen and oxygen atoms in total. The summed E-state index contributed by atoms with van der Waals surface area (Å²) in [5.74, 6) is 1.63. The fraction of sp³-hybridized carbons (Fsp3) is 0.300. The predicted octanol–water partition coefficient (Wildman–Crippen LogP) is 4.46. The van der Waals surface area contributed by atoms with E-state index in [1.165, 1.54) is 0 Å². The number of aromatic nitrogens is 3. The van der Waals surface area contributed by atoms with Gasteiger partial charge in [-0.05, 0) is 92.4 Å². The van der Waals surface area contributed by atoms with E-state index >= 15 is 0 Å². The predicted molar refractivity (Wildman–Crippen MR) is 151 cm³/mol. The molecule has 4 aromatic rings. The maximum absolute atomic E-state index is 10.8. The maximum atomic E-state index is 10.8. The van der Waals surface area contributed by atoms with Crippen molar-refractivity contribution in [2.75, 3.05) is 25.2 Å². The van der Waals surface area contributed by atoms with Crippen LogP contribution in [0.3, 0.4) is 0 Å². The summed E-state index contributed by atoms with van der Waals surface area (Å²) in [6, 6.07) is 16.4. The van der Waals surface area contributed by atoms with Crippen molar-refractivity contribution in [1.82, 2.24) is 19.4 Å². The smallest absolute Gasteiger partial charge is 0.231 e. The number of hydrogen-bond acceptors (Lipinski definition) is 7. The number of likely N-dealkylation sites (tertiary alicyclic amines) is 1. The van der Waals surface area contributed by atoms with Gasteiger partial charge in [0.1, 0.15) is 0 Å². The lowest BCUT2D eigenvalue weighted by molar-refractivity contribution is -0.105. The van der Waals surface area contributed by atoms with Gasteiger partial charge in [-0.25, -0.2) is 4.98 Å². The van der Waals surface area contributed by atoms with Crippen LogP contribution >= 0.6 is 0 Å². The third-order valence-corrected chi connectivity index (χ3v) is 6.76. The van der Waals surface area contributed by atoms with Crippen LogP contribution in [0.15, 0.2) is 67.3 Å². The molecule has 1 saturated heterocycles. The van der Waals surface area contributed by atoms with Crippen LogP contribution in [0.5, 0.6) is 11.5 Å². The Labute approximate surface area is 228 Å². The Hall–Kier alpha value is -4.21. The Bertz CT molecular complexity index is 1440. The van der Waals surface area contributed by atoms with Crippen LogP contribution in [0.4, 0.5) is 5.69 Å². The number of carbonyl (C=O) groups is 1. The fourth-order valence-corrected chi connectivity index (χ4v) is 4.92. The molecule has 202 valence electrons. The maximum Gasteiger partial charge on any atom is 0.231 e. The number of hydrogen-bond donors (Lipinski definition) is 2. The number of carbonyl (C=O) groups excluding carboxylic acids is 1. The van der Waals surface area contributed by atoms with Crippen LogP contribution in [0.1, 0.15) is 29.8 Å². The first kappa shape index (κ1) is 26.4. The van der Waals surface area contributed by atoms with Crippen molar-refractivity contribution in [3.63, 3.8) is 0 Å². The van der Waals surface area contributed by atoms with E-state index in [4.69, 9.17) is 15.2 Å². The lowest BCUT2D eigenvalue weighted by Crippen LogP contribution is -2.42. The average Bonchev–Trinajstić information content (AvgIpc) is 3.58. The van der Waals surface area contributed by atoms with Crippen LogP contribution in [0.2, 0.25) is 0 Å². The van der Waals surface area contributed by atoms with Crippen LogP contribution in [0, 0.1) is 13.8 Å². The molecule has 0 bridgehead atoms. The van der Waals surface area contributed by atoms with Gasteiger partial charge in [0, 0.05) is 48.6 Å². The Kier molecular flexibility index (Phi) is 8.19. The SMILES string of the molecule is Cc1cc(-c2ccc3c(c2)OCO3)ccn1.Cc1cn(-c2cc(CN3CCCC(N)C3)cc(NC=O)c2)cn1. The first-order chi connectivity index (χ1) is 19.0. The zero-order valence-corrected chi connectivity index (χ0v) is 22.3. The zero-order chi connectivity index (χ0) is 27.2. The van der Waals surface area contributed by atoms with Crippen molar-refractivity contribution in [3.8, 4) is 28.3 Å². The van der Waals surface area contributed by atoms with E-state index in [1.807, 2.05) is 67.2 Å². The second-order valence-corrected chi connectivity index (χ2v) is 9.96. The largest absolute Gasteiger partial charge is 0.454 e. The number of fused-ring (bicyclic) bond motifs is 1. The fourth-order valence-electron chi connectivity index (χ4n) is 4.92. The van der Waals surface area contributed by atoms with Gasteiger partial charge < -0.3 is 25.1 Å². The van der Waals surface area contributed by atoms with Crippen molar-refractivity contribution in [1.29, 1.82) is 0 Å². The van der Waals surface area contributed by atoms with Gasteiger partial charge in [-0.15, -0.1) is 0 Å². The number of nitrogens with two attached hydrogens (primary N) is 1. The summed E-state index contributed by atoms with van der Waals surface area (Å²) in [4.78, 5) is 21.6. The van der Waals surface area contributed by atoms with E-state index in [0.29, 0.717) is 13.2 Å². The number of benzene rings is 2. The molecule has 0 saturated carbocycles. The van der Waals surface area contributed by atoms with Crippen molar-refractivity contribution in [2.24, 2.45) is 5.73 Å². The normalized spacial score (nSPS) is 16.3. The molecule has 0 aliphatic carbocycles. The molecule has 0 spiro atoms. The van der Waals surface area contributed by atoms with Crippen molar-refractivity contribution >= 4 is 12.1 Å². The highest BCUT2D eigenvalue weighted by atomic mass is 16.7.